The molecule has 0 heterocycles. The van der Waals surface area contributed by atoms with Gasteiger partial charge in [0.25, 0.3) is 0 Å². The summed E-state index contributed by atoms with van der Waals surface area (Å²) in [7, 11) is -5.21. The molecule has 10 heteroatoms. The highest BCUT2D eigenvalue weighted by Crippen LogP contribution is 2.31. The Balaban J connectivity index is 2.12. The Morgan fingerprint density at radius 2 is 1.07 bits per heavy atom. The molecule has 0 saturated heterocycles. The molecule has 0 aliphatic rings. The summed E-state index contributed by atoms with van der Waals surface area (Å²) in [5, 5.41) is 0. The van der Waals surface area contributed by atoms with Crippen molar-refractivity contribution in [3.05, 3.63) is 101 Å². The zero-order valence-electron chi connectivity index (χ0n) is 15.1. The van der Waals surface area contributed by atoms with Crippen molar-refractivity contribution in [1.29, 1.82) is 0 Å². The number of rotatable bonds is 6. The van der Waals surface area contributed by atoms with Crippen LogP contribution in [0.2, 0.25) is 0 Å². The van der Waals surface area contributed by atoms with Gasteiger partial charge in [-0.2, -0.15) is 0 Å². The molecule has 0 spiro atoms. The molecule has 3 aromatic rings. The van der Waals surface area contributed by atoms with Crippen molar-refractivity contribution in [2.75, 3.05) is 0 Å². The fourth-order valence-electron chi connectivity index (χ4n) is 2.92. The van der Waals surface area contributed by atoms with Crippen molar-refractivity contribution in [3.63, 3.8) is 0 Å². The number of benzene rings is 3. The summed E-state index contributed by atoms with van der Waals surface area (Å²) in [4.78, 5) is -1.97. The van der Waals surface area contributed by atoms with Crippen LogP contribution in [0.25, 0.3) is 0 Å². The third-order valence-corrected chi connectivity index (χ3v) is 5.88. The summed E-state index contributed by atoms with van der Waals surface area (Å²) in [6.07, 6.45) is 0. The number of nitrogens with two attached hydrogens (primary N) is 1. The SMILES string of the molecule is N[C@@H](c1ccccc1)[C@H](NS(=O)(=O)c1c(F)c(F)c(F)c(F)c1F)c1ccccc1. The zero-order chi connectivity index (χ0) is 22.1. The van der Waals surface area contributed by atoms with Gasteiger partial charge in [-0.05, 0) is 11.1 Å². The van der Waals surface area contributed by atoms with Gasteiger partial charge in [0.1, 0.15) is 0 Å². The molecule has 4 nitrogen and oxygen atoms in total. The molecule has 0 fully saturated rings. The van der Waals surface area contributed by atoms with Crippen molar-refractivity contribution < 1.29 is 30.4 Å². The Kier molecular flexibility index (Phi) is 6.20. The Hall–Kier alpha value is -2.82. The lowest BCUT2D eigenvalue weighted by Crippen LogP contribution is -2.37. The fraction of sp³-hybridized carbons (Fsp3) is 0.100. The summed E-state index contributed by atoms with van der Waals surface area (Å²) in [6.45, 7) is 0. The number of nitrogens with one attached hydrogen (secondary N) is 1. The normalized spacial score (nSPS) is 13.8. The van der Waals surface area contributed by atoms with Crippen molar-refractivity contribution in [3.8, 4) is 0 Å². The van der Waals surface area contributed by atoms with Crippen molar-refractivity contribution in [1.82, 2.24) is 4.72 Å². The summed E-state index contributed by atoms with van der Waals surface area (Å²) < 4.78 is 96.0. The third-order valence-electron chi connectivity index (χ3n) is 4.42. The van der Waals surface area contributed by atoms with E-state index in [0.717, 1.165) is 0 Å². The van der Waals surface area contributed by atoms with Gasteiger partial charge in [0, 0.05) is 0 Å². The highest BCUT2D eigenvalue weighted by Gasteiger charge is 2.36. The number of halogens is 5. The van der Waals surface area contributed by atoms with Crippen LogP contribution in [0.15, 0.2) is 65.6 Å². The van der Waals surface area contributed by atoms with E-state index in [4.69, 9.17) is 5.73 Å². The van der Waals surface area contributed by atoms with Crippen LogP contribution in [-0.4, -0.2) is 8.42 Å². The molecule has 0 bridgehead atoms. The maximum Gasteiger partial charge on any atom is 0.247 e. The molecule has 0 amide bonds. The maximum absolute atomic E-state index is 14.1. The molecule has 158 valence electrons. The van der Waals surface area contributed by atoms with Crippen molar-refractivity contribution in [2.45, 2.75) is 17.0 Å². The Morgan fingerprint density at radius 1 is 0.667 bits per heavy atom. The van der Waals surface area contributed by atoms with E-state index >= 15 is 0 Å². The van der Waals surface area contributed by atoms with Crippen LogP contribution in [0.3, 0.4) is 0 Å². The molecular formula is C20H15F5N2O2S. The first-order chi connectivity index (χ1) is 14.1. The molecule has 2 atom stereocenters. The van der Waals surface area contributed by atoms with E-state index in [1.807, 2.05) is 4.72 Å². The molecule has 0 aliphatic heterocycles. The molecule has 3 rings (SSSR count). The minimum absolute atomic E-state index is 0.321. The summed E-state index contributed by atoms with van der Waals surface area (Å²) in [6, 6.07) is 13.7. The molecular weight excluding hydrogens is 427 g/mol. The van der Waals surface area contributed by atoms with Crippen molar-refractivity contribution >= 4 is 10.0 Å². The van der Waals surface area contributed by atoms with E-state index in [9.17, 15) is 30.4 Å². The monoisotopic (exact) mass is 442 g/mol. The van der Waals surface area contributed by atoms with Gasteiger partial charge in [-0.15, -0.1) is 0 Å². The van der Waals surface area contributed by atoms with Gasteiger partial charge in [0.2, 0.25) is 15.8 Å². The molecule has 3 aromatic carbocycles. The second kappa shape index (κ2) is 8.50. The average Bonchev–Trinajstić information content (AvgIpc) is 2.75. The van der Waals surface area contributed by atoms with Gasteiger partial charge in [0.15, 0.2) is 28.2 Å². The van der Waals surface area contributed by atoms with Gasteiger partial charge in [-0.1, -0.05) is 60.7 Å². The third kappa shape index (κ3) is 4.07. The largest absolute Gasteiger partial charge is 0.322 e. The van der Waals surface area contributed by atoms with Gasteiger partial charge >= 0.3 is 0 Å². The Morgan fingerprint density at radius 3 is 1.53 bits per heavy atom. The van der Waals surface area contributed by atoms with E-state index in [2.05, 4.69) is 0 Å². The molecule has 3 N–H and O–H groups in total. The van der Waals surface area contributed by atoms with Crippen LogP contribution in [-0.2, 0) is 10.0 Å². The standard InChI is InChI=1S/C20H15F5N2O2S/c21-13-14(22)16(24)20(17(25)15(13)23)30(28,29)27-19(12-9-5-2-6-10-12)18(26)11-7-3-1-4-8-11/h1-10,18-19,27H,26H2/t18-,19+/m0/s1. The first-order valence-corrected chi connectivity index (χ1v) is 10.0. The second-order valence-corrected chi connectivity index (χ2v) is 8.00. The maximum atomic E-state index is 14.1. The fourth-order valence-corrected chi connectivity index (χ4v) is 4.31. The first-order valence-electron chi connectivity index (χ1n) is 8.54. The van der Waals surface area contributed by atoms with Gasteiger partial charge in [-0.3, -0.25) is 0 Å². The quantitative estimate of drug-likeness (QED) is 0.343. The number of sulfonamides is 1. The van der Waals surface area contributed by atoms with Gasteiger partial charge < -0.3 is 5.73 Å². The lowest BCUT2D eigenvalue weighted by molar-refractivity contribution is 0.356. The highest BCUT2D eigenvalue weighted by molar-refractivity contribution is 7.89. The summed E-state index contributed by atoms with van der Waals surface area (Å²) >= 11 is 0. The second-order valence-electron chi connectivity index (χ2n) is 6.35. The van der Waals surface area contributed by atoms with Crippen LogP contribution in [0.4, 0.5) is 22.0 Å². The predicted molar refractivity (Wildman–Crippen MR) is 99.1 cm³/mol. The Labute approximate surface area is 169 Å². The van der Waals surface area contributed by atoms with Crippen LogP contribution in [0.5, 0.6) is 0 Å². The van der Waals surface area contributed by atoms with Crippen molar-refractivity contribution in [2.24, 2.45) is 5.73 Å². The molecule has 0 unspecified atom stereocenters. The van der Waals surface area contributed by atoms with E-state index < -0.39 is 56.1 Å². The topological polar surface area (TPSA) is 72.2 Å². The van der Waals surface area contributed by atoms with Crippen LogP contribution < -0.4 is 10.5 Å². The van der Waals surface area contributed by atoms with E-state index in [1.165, 1.54) is 12.1 Å². The number of hydrogen-bond acceptors (Lipinski definition) is 3. The molecule has 0 radical (unpaired) electrons. The minimum atomic E-state index is -5.21. The smallest absolute Gasteiger partial charge is 0.247 e. The first kappa shape index (κ1) is 21.9. The van der Waals surface area contributed by atoms with E-state index in [1.54, 1.807) is 48.5 Å². The molecule has 0 saturated carbocycles. The van der Waals surface area contributed by atoms with Crippen LogP contribution in [0, 0.1) is 29.1 Å². The lowest BCUT2D eigenvalue weighted by atomic mass is 9.95. The Bertz CT molecular complexity index is 1130. The zero-order valence-corrected chi connectivity index (χ0v) is 15.9. The number of hydrogen-bond donors (Lipinski definition) is 2. The average molecular weight is 442 g/mol. The van der Waals surface area contributed by atoms with E-state index in [-0.39, 0.29) is 0 Å². The van der Waals surface area contributed by atoms with E-state index in [0.29, 0.717) is 11.1 Å². The van der Waals surface area contributed by atoms with Gasteiger partial charge in [0.05, 0.1) is 12.1 Å². The minimum Gasteiger partial charge on any atom is -0.322 e. The van der Waals surface area contributed by atoms with Crippen LogP contribution >= 0.6 is 0 Å². The van der Waals surface area contributed by atoms with Gasteiger partial charge in [-0.25, -0.2) is 35.1 Å². The molecule has 0 aliphatic carbocycles. The molecule has 30 heavy (non-hydrogen) atoms. The lowest BCUT2D eigenvalue weighted by Gasteiger charge is -2.26. The highest BCUT2D eigenvalue weighted by atomic mass is 32.2. The summed E-state index contributed by atoms with van der Waals surface area (Å²) in [5.41, 5.74) is 6.99. The molecule has 0 aromatic heterocycles. The van der Waals surface area contributed by atoms with Crippen LogP contribution in [0.1, 0.15) is 23.2 Å². The summed E-state index contributed by atoms with van der Waals surface area (Å²) in [5.74, 6) is -12.1. The predicted octanol–water partition coefficient (Wildman–Crippen LogP) is 4.10.